The average Bonchev–Trinajstić information content (AvgIpc) is 2.49. The number of para-hydroxylation sites is 1. The summed E-state index contributed by atoms with van der Waals surface area (Å²) in [4.78, 5) is 13.9. The van der Waals surface area contributed by atoms with Crippen LogP contribution in [0.3, 0.4) is 0 Å². The lowest BCUT2D eigenvalue weighted by molar-refractivity contribution is -0.115. The Hall–Kier alpha value is -1.76. The fraction of sp³-hybridized carbons (Fsp3) is 0.118. The van der Waals surface area contributed by atoms with Gasteiger partial charge in [0.15, 0.2) is 0 Å². The summed E-state index contributed by atoms with van der Waals surface area (Å²) in [5.41, 5.74) is 2.27. The zero-order valence-corrected chi connectivity index (χ0v) is 13.8. The van der Waals surface area contributed by atoms with E-state index in [1.54, 1.807) is 11.8 Å². The number of hydrogen-bond acceptors (Lipinski definition) is 1. The van der Waals surface area contributed by atoms with E-state index >= 15 is 0 Å². The molecule has 106 valence electrons. The maximum atomic E-state index is 12.3. The van der Waals surface area contributed by atoms with Gasteiger partial charge in [0.2, 0.25) is 5.91 Å². The number of benzene rings is 2. The quantitative estimate of drug-likeness (QED) is 0.571. The van der Waals surface area contributed by atoms with Crippen LogP contribution in [0.25, 0.3) is 0 Å². The molecule has 2 rings (SSSR count). The smallest absolute Gasteiger partial charge is 0.246 e. The highest BCUT2D eigenvalue weighted by molar-refractivity contribution is 9.10. The van der Waals surface area contributed by atoms with Gasteiger partial charge in [-0.3, -0.25) is 9.69 Å². The van der Waals surface area contributed by atoms with Crippen LogP contribution in [-0.4, -0.2) is 11.8 Å². The van der Waals surface area contributed by atoms with Gasteiger partial charge in [-0.2, -0.15) is 0 Å². The van der Waals surface area contributed by atoms with E-state index in [-0.39, 0.29) is 11.8 Å². The molecule has 0 aromatic heterocycles. The van der Waals surface area contributed by atoms with Gasteiger partial charge < -0.3 is 0 Å². The Bertz CT molecular complexity index is 718. The third-order valence-electron chi connectivity index (χ3n) is 2.83. The zero-order chi connectivity index (χ0) is 15.2. The molecule has 0 aliphatic rings. The van der Waals surface area contributed by atoms with E-state index in [9.17, 15) is 4.79 Å². The minimum absolute atomic E-state index is 0.0968. The Kier molecular flexibility index (Phi) is 5.44. The van der Waals surface area contributed by atoms with Crippen LogP contribution in [0.4, 0.5) is 11.4 Å². The van der Waals surface area contributed by atoms with Crippen LogP contribution in [0.2, 0.25) is 0 Å². The first-order chi connectivity index (χ1) is 10.2. The molecule has 0 N–H and O–H groups in total. The first kappa shape index (κ1) is 15.6. The normalized spacial score (nSPS) is 9.67. The van der Waals surface area contributed by atoms with E-state index < -0.39 is 0 Å². The number of amides is 1. The van der Waals surface area contributed by atoms with Crippen LogP contribution in [-0.2, 0) is 4.79 Å². The number of nitrogens with zero attached hydrogens (tertiary/aromatic N) is 1. The lowest BCUT2D eigenvalue weighted by atomic mass is 10.1. The topological polar surface area (TPSA) is 20.3 Å². The minimum Gasteiger partial charge on any atom is -0.279 e. The van der Waals surface area contributed by atoms with Gasteiger partial charge in [-0.25, -0.2) is 0 Å². The number of carbonyl (C=O) groups excluding carboxylic acids is 1. The van der Waals surface area contributed by atoms with Crippen molar-refractivity contribution in [1.29, 1.82) is 0 Å². The Labute approximate surface area is 137 Å². The van der Waals surface area contributed by atoms with E-state index in [4.69, 9.17) is 11.6 Å². The average molecular weight is 363 g/mol. The second-order valence-electron chi connectivity index (χ2n) is 4.23. The molecule has 0 bridgehead atoms. The molecule has 21 heavy (non-hydrogen) atoms. The fourth-order valence-corrected chi connectivity index (χ4v) is 2.51. The Balaban J connectivity index is 2.61. The second kappa shape index (κ2) is 7.31. The van der Waals surface area contributed by atoms with Crippen molar-refractivity contribution in [2.75, 3.05) is 10.8 Å². The molecule has 1 amide bonds. The van der Waals surface area contributed by atoms with Gasteiger partial charge in [-0.1, -0.05) is 40.0 Å². The molecule has 4 heteroatoms. The number of alkyl halides is 1. The SMILES string of the molecule is CC#Cc1ccccc1N(C(=O)CCl)c1cccc(Br)c1. The molecule has 2 aromatic carbocycles. The van der Waals surface area contributed by atoms with Gasteiger partial charge in [0.05, 0.1) is 11.4 Å². The van der Waals surface area contributed by atoms with Crippen LogP contribution < -0.4 is 4.90 Å². The highest BCUT2D eigenvalue weighted by Gasteiger charge is 2.19. The fourth-order valence-electron chi connectivity index (χ4n) is 2.00. The maximum absolute atomic E-state index is 12.3. The van der Waals surface area contributed by atoms with Gasteiger partial charge >= 0.3 is 0 Å². The highest BCUT2D eigenvalue weighted by atomic mass is 79.9. The molecule has 0 radical (unpaired) electrons. The predicted octanol–water partition coefficient (Wildman–Crippen LogP) is 4.72. The molecule has 0 aliphatic heterocycles. The standard InChI is InChI=1S/C17H13BrClNO/c1-2-6-13-7-3-4-10-16(13)20(17(21)12-19)15-9-5-8-14(18)11-15/h3-5,7-11H,12H2,1H3. The molecule has 0 spiro atoms. The molecule has 0 unspecified atom stereocenters. The van der Waals surface area contributed by atoms with E-state index in [1.807, 2.05) is 48.5 Å². The van der Waals surface area contributed by atoms with Crippen LogP contribution in [0.1, 0.15) is 12.5 Å². The minimum atomic E-state index is -0.194. The molecule has 0 heterocycles. The molecule has 0 saturated carbocycles. The van der Waals surface area contributed by atoms with E-state index in [0.717, 1.165) is 21.4 Å². The van der Waals surface area contributed by atoms with Gasteiger partial charge in [-0.15, -0.1) is 17.5 Å². The van der Waals surface area contributed by atoms with Crippen LogP contribution in [0, 0.1) is 11.8 Å². The summed E-state index contributed by atoms with van der Waals surface area (Å²) in [5.74, 6) is 5.60. The van der Waals surface area contributed by atoms with Crippen molar-refractivity contribution >= 4 is 44.8 Å². The lowest BCUT2D eigenvalue weighted by Gasteiger charge is -2.23. The van der Waals surface area contributed by atoms with Gasteiger partial charge in [-0.05, 0) is 37.3 Å². The Morgan fingerprint density at radius 1 is 1.24 bits per heavy atom. The molecule has 0 atom stereocenters. The summed E-state index contributed by atoms with van der Waals surface area (Å²) in [6.07, 6.45) is 0. The third-order valence-corrected chi connectivity index (χ3v) is 3.56. The molecule has 2 aromatic rings. The summed E-state index contributed by atoms with van der Waals surface area (Å²) >= 11 is 9.20. The molecular weight excluding hydrogens is 350 g/mol. The van der Waals surface area contributed by atoms with E-state index in [1.165, 1.54) is 0 Å². The first-order valence-corrected chi connectivity index (χ1v) is 7.66. The molecule has 0 saturated heterocycles. The van der Waals surface area contributed by atoms with Crippen molar-refractivity contribution in [3.8, 4) is 11.8 Å². The number of carbonyl (C=O) groups is 1. The summed E-state index contributed by atoms with van der Waals surface area (Å²) in [6, 6.07) is 15.1. The maximum Gasteiger partial charge on any atom is 0.246 e. The van der Waals surface area contributed by atoms with Crippen molar-refractivity contribution in [1.82, 2.24) is 0 Å². The third kappa shape index (κ3) is 3.66. The number of anilines is 2. The van der Waals surface area contributed by atoms with E-state index in [2.05, 4.69) is 27.8 Å². The summed E-state index contributed by atoms with van der Waals surface area (Å²) in [5, 5.41) is 0. The number of hydrogen-bond donors (Lipinski definition) is 0. The zero-order valence-electron chi connectivity index (χ0n) is 11.4. The van der Waals surface area contributed by atoms with Gasteiger partial charge in [0.25, 0.3) is 0 Å². The summed E-state index contributed by atoms with van der Waals surface area (Å²) < 4.78 is 0.895. The Morgan fingerprint density at radius 3 is 2.67 bits per heavy atom. The predicted molar refractivity (Wildman–Crippen MR) is 91.0 cm³/mol. The van der Waals surface area contributed by atoms with Gasteiger partial charge in [0.1, 0.15) is 5.88 Å². The Morgan fingerprint density at radius 2 is 2.00 bits per heavy atom. The summed E-state index contributed by atoms with van der Waals surface area (Å²) in [7, 11) is 0. The largest absolute Gasteiger partial charge is 0.279 e. The summed E-state index contributed by atoms with van der Waals surface area (Å²) in [6.45, 7) is 1.77. The number of halogens is 2. The molecule has 2 nitrogen and oxygen atoms in total. The molecular formula is C17H13BrClNO. The molecule has 0 fully saturated rings. The van der Waals surface area contributed by atoms with Crippen molar-refractivity contribution < 1.29 is 4.79 Å². The van der Waals surface area contributed by atoms with Crippen LogP contribution >= 0.6 is 27.5 Å². The molecule has 0 aliphatic carbocycles. The van der Waals surface area contributed by atoms with Crippen molar-refractivity contribution in [3.63, 3.8) is 0 Å². The van der Waals surface area contributed by atoms with Crippen LogP contribution in [0.5, 0.6) is 0 Å². The lowest BCUT2D eigenvalue weighted by Crippen LogP contribution is -2.27. The second-order valence-corrected chi connectivity index (χ2v) is 5.42. The van der Waals surface area contributed by atoms with Crippen molar-refractivity contribution in [2.24, 2.45) is 0 Å². The van der Waals surface area contributed by atoms with Gasteiger partial charge in [0, 0.05) is 10.0 Å². The van der Waals surface area contributed by atoms with Crippen LogP contribution in [0.15, 0.2) is 53.0 Å². The first-order valence-electron chi connectivity index (χ1n) is 6.33. The van der Waals surface area contributed by atoms with Crippen molar-refractivity contribution in [2.45, 2.75) is 6.92 Å². The number of rotatable bonds is 3. The highest BCUT2D eigenvalue weighted by Crippen LogP contribution is 2.30. The monoisotopic (exact) mass is 361 g/mol. The van der Waals surface area contributed by atoms with Crippen molar-refractivity contribution in [3.05, 3.63) is 58.6 Å². The van der Waals surface area contributed by atoms with E-state index in [0.29, 0.717) is 0 Å².